The molecule has 3 N–H and O–H groups in total. The summed E-state index contributed by atoms with van der Waals surface area (Å²) in [6, 6.07) is 2.43. The predicted molar refractivity (Wildman–Crippen MR) is 66.2 cm³/mol. The minimum Gasteiger partial charge on any atom is -0.381 e. The van der Waals surface area contributed by atoms with Gasteiger partial charge in [-0.15, -0.1) is 0 Å². The molecule has 2 heterocycles. The number of hydrogen-bond donors (Lipinski definition) is 2. The summed E-state index contributed by atoms with van der Waals surface area (Å²) < 4.78 is 7.31. The molecule has 0 bridgehead atoms. The maximum Gasteiger partial charge on any atom is 0.0495 e. The largest absolute Gasteiger partial charge is 0.381 e. The van der Waals surface area contributed by atoms with Crippen molar-refractivity contribution in [3.63, 3.8) is 0 Å². The summed E-state index contributed by atoms with van der Waals surface area (Å²) in [5, 5.41) is 4.17. The lowest BCUT2D eigenvalue weighted by atomic mass is 9.96. The molecule has 5 heteroatoms. The molecule has 0 aliphatic carbocycles. The molecule has 0 saturated carbocycles. The Labute approximate surface area is 102 Å². The van der Waals surface area contributed by atoms with Crippen molar-refractivity contribution in [3.05, 3.63) is 18.0 Å². The van der Waals surface area contributed by atoms with Crippen molar-refractivity contribution >= 4 is 0 Å². The van der Waals surface area contributed by atoms with E-state index in [0.717, 1.165) is 32.5 Å². The lowest BCUT2D eigenvalue weighted by Gasteiger charge is -2.18. The third kappa shape index (κ3) is 3.52. The summed E-state index contributed by atoms with van der Waals surface area (Å²) >= 11 is 0. The van der Waals surface area contributed by atoms with Crippen LogP contribution in [0.3, 0.4) is 0 Å². The molecule has 0 amide bonds. The molecule has 1 aliphatic heterocycles. The summed E-state index contributed by atoms with van der Waals surface area (Å²) in [4.78, 5) is 0. The second-order valence-electron chi connectivity index (χ2n) is 4.81. The fourth-order valence-electron chi connectivity index (χ4n) is 2.41. The highest BCUT2D eigenvalue weighted by Crippen LogP contribution is 2.19. The van der Waals surface area contributed by atoms with Crippen molar-refractivity contribution in [2.45, 2.75) is 31.7 Å². The lowest BCUT2D eigenvalue weighted by Crippen LogP contribution is -2.37. The van der Waals surface area contributed by atoms with Crippen molar-refractivity contribution in [1.82, 2.24) is 15.2 Å². The summed E-state index contributed by atoms with van der Waals surface area (Å²) in [6.45, 7) is 1.80. The van der Waals surface area contributed by atoms with E-state index < -0.39 is 0 Å². The number of hydrazine groups is 1. The highest BCUT2D eigenvalue weighted by molar-refractivity contribution is 5.00. The molecule has 5 nitrogen and oxygen atoms in total. The Morgan fingerprint density at radius 3 is 3.18 bits per heavy atom. The number of nitrogens with zero attached hydrogens (tertiary/aromatic N) is 2. The number of nitrogens with two attached hydrogens (primary N) is 1. The lowest BCUT2D eigenvalue weighted by molar-refractivity contribution is 0.181. The molecule has 96 valence electrons. The molecule has 2 atom stereocenters. The van der Waals surface area contributed by atoms with Gasteiger partial charge in [-0.2, -0.15) is 5.10 Å². The average Bonchev–Trinajstić information content (AvgIpc) is 2.96. The van der Waals surface area contributed by atoms with Crippen molar-refractivity contribution in [2.75, 3.05) is 13.2 Å². The van der Waals surface area contributed by atoms with Crippen LogP contribution in [0.5, 0.6) is 0 Å². The first-order chi connectivity index (χ1) is 8.29. The van der Waals surface area contributed by atoms with E-state index in [2.05, 4.69) is 16.6 Å². The van der Waals surface area contributed by atoms with Crippen LogP contribution in [0.15, 0.2) is 12.3 Å². The third-order valence-electron chi connectivity index (χ3n) is 3.55. The van der Waals surface area contributed by atoms with Gasteiger partial charge in [-0.25, -0.2) is 0 Å². The number of ether oxygens (including phenoxy) is 1. The van der Waals surface area contributed by atoms with E-state index in [0.29, 0.717) is 12.0 Å². The van der Waals surface area contributed by atoms with E-state index in [9.17, 15) is 0 Å². The van der Waals surface area contributed by atoms with Gasteiger partial charge in [0.1, 0.15) is 0 Å². The first kappa shape index (κ1) is 12.5. The normalized spacial score (nSPS) is 21.9. The van der Waals surface area contributed by atoms with Crippen molar-refractivity contribution in [1.29, 1.82) is 0 Å². The van der Waals surface area contributed by atoms with Crippen LogP contribution in [0.2, 0.25) is 0 Å². The standard InChI is InChI=1S/C12H22N4O/c1-16-12(4-6-14-16)3-2-11(15-13)8-10-5-7-17-9-10/h4,6,10-11,15H,2-3,5,7-9,13H2,1H3. The minimum absolute atomic E-state index is 0.372. The Bertz CT molecular complexity index is 333. The second-order valence-corrected chi connectivity index (χ2v) is 4.81. The number of nitrogens with one attached hydrogen (secondary N) is 1. The van der Waals surface area contributed by atoms with Crippen LogP contribution in [0.1, 0.15) is 25.0 Å². The monoisotopic (exact) mass is 238 g/mol. The maximum atomic E-state index is 5.62. The van der Waals surface area contributed by atoms with Gasteiger partial charge in [0.05, 0.1) is 0 Å². The summed E-state index contributed by atoms with van der Waals surface area (Å²) in [5.74, 6) is 6.28. The topological polar surface area (TPSA) is 65.1 Å². The second kappa shape index (κ2) is 6.14. The molecule has 2 unspecified atom stereocenters. The van der Waals surface area contributed by atoms with E-state index in [1.165, 1.54) is 12.1 Å². The summed E-state index contributed by atoms with van der Waals surface area (Å²) in [5.41, 5.74) is 4.18. The molecule has 2 rings (SSSR count). The molecule has 1 aromatic heterocycles. The molecular formula is C12H22N4O. The summed E-state index contributed by atoms with van der Waals surface area (Å²) in [6.07, 6.45) is 6.18. The van der Waals surface area contributed by atoms with E-state index in [1.54, 1.807) is 0 Å². The Balaban J connectivity index is 1.77. The van der Waals surface area contributed by atoms with Crippen molar-refractivity contribution < 1.29 is 4.74 Å². The van der Waals surface area contributed by atoms with Crippen LogP contribution in [-0.4, -0.2) is 29.0 Å². The number of aromatic nitrogens is 2. The van der Waals surface area contributed by atoms with Gasteiger partial charge in [0.15, 0.2) is 0 Å². The third-order valence-corrected chi connectivity index (χ3v) is 3.55. The Morgan fingerprint density at radius 1 is 1.71 bits per heavy atom. The molecule has 1 aliphatic rings. The van der Waals surface area contributed by atoms with Gasteiger partial charge in [0.25, 0.3) is 0 Å². The van der Waals surface area contributed by atoms with Crippen molar-refractivity contribution in [2.24, 2.45) is 18.8 Å². The number of hydrogen-bond acceptors (Lipinski definition) is 4. The molecule has 1 saturated heterocycles. The first-order valence-electron chi connectivity index (χ1n) is 6.30. The zero-order chi connectivity index (χ0) is 12.1. The van der Waals surface area contributed by atoms with Crippen LogP contribution in [0.25, 0.3) is 0 Å². The van der Waals surface area contributed by atoms with Crippen LogP contribution in [0.4, 0.5) is 0 Å². The molecule has 17 heavy (non-hydrogen) atoms. The van der Waals surface area contributed by atoms with Gasteiger partial charge in [-0.05, 0) is 37.7 Å². The van der Waals surface area contributed by atoms with Crippen LogP contribution in [0, 0.1) is 5.92 Å². The van der Waals surface area contributed by atoms with Gasteiger partial charge in [0.2, 0.25) is 0 Å². The smallest absolute Gasteiger partial charge is 0.0495 e. The molecule has 0 radical (unpaired) electrons. The fourth-order valence-corrected chi connectivity index (χ4v) is 2.41. The summed E-state index contributed by atoms with van der Waals surface area (Å²) in [7, 11) is 1.98. The number of aryl methyl sites for hydroxylation is 2. The SMILES string of the molecule is Cn1nccc1CCC(CC1CCOC1)NN. The molecule has 0 spiro atoms. The quantitative estimate of drug-likeness (QED) is 0.563. The van der Waals surface area contributed by atoms with Crippen molar-refractivity contribution in [3.8, 4) is 0 Å². The minimum atomic E-state index is 0.372. The van der Waals surface area contributed by atoms with Gasteiger partial charge in [-0.1, -0.05) is 0 Å². The van der Waals surface area contributed by atoms with Gasteiger partial charge >= 0.3 is 0 Å². The molecule has 0 aromatic carbocycles. The van der Waals surface area contributed by atoms with E-state index in [4.69, 9.17) is 10.6 Å². The Morgan fingerprint density at radius 2 is 2.59 bits per heavy atom. The number of rotatable bonds is 6. The average molecular weight is 238 g/mol. The van der Waals surface area contributed by atoms with E-state index in [1.807, 2.05) is 17.9 Å². The molecule has 1 fully saturated rings. The van der Waals surface area contributed by atoms with Gasteiger partial charge in [-0.3, -0.25) is 16.0 Å². The van der Waals surface area contributed by atoms with Gasteiger partial charge in [0, 0.05) is 38.2 Å². The highest BCUT2D eigenvalue weighted by atomic mass is 16.5. The fraction of sp³-hybridized carbons (Fsp3) is 0.750. The Hall–Kier alpha value is -0.910. The van der Waals surface area contributed by atoms with E-state index in [-0.39, 0.29) is 0 Å². The highest BCUT2D eigenvalue weighted by Gasteiger charge is 2.20. The van der Waals surface area contributed by atoms with Gasteiger partial charge < -0.3 is 4.74 Å². The van der Waals surface area contributed by atoms with Crippen LogP contribution in [-0.2, 0) is 18.2 Å². The predicted octanol–water partition coefficient (Wildman–Crippen LogP) is 0.611. The van der Waals surface area contributed by atoms with E-state index >= 15 is 0 Å². The Kier molecular flexibility index (Phi) is 4.53. The first-order valence-corrected chi connectivity index (χ1v) is 6.30. The zero-order valence-corrected chi connectivity index (χ0v) is 10.4. The van der Waals surface area contributed by atoms with Crippen LogP contribution >= 0.6 is 0 Å². The van der Waals surface area contributed by atoms with Crippen LogP contribution < -0.4 is 11.3 Å². The molecular weight excluding hydrogens is 216 g/mol. The zero-order valence-electron chi connectivity index (χ0n) is 10.4. The molecule has 1 aromatic rings. The maximum absolute atomic E-state index is 5.62.